The van der Waals surface area contributed by atoms with E-state index in [1.165, 1.54) is 25.3 Å². The predicted molar refractivity (Wildman–Crippen MR) is 142 cm³/mol. The summed E-state index contributed by atoms with van der Waals surface area (Å²) in [4.78, 5) is 24.4. The molecule has 5 rings (SSSR count). The van der Waals surface area contributed by atoms with E-state index in [1.807, 2.05) is 34.7 Å². The van der Waals surface area contributed by atoms with Crippen LogP contribution in [0.1, 0.15) is 5.56 Å². The Labute approximate surface area is 218 Å². The first-order valence-electron chi connectivity index (χ1n) is 12.1. The van der Waals surface area contributed by atoms with Gasteiger partial charge in [-0.2, -0.15) is 4.98 Å². The molecule has 38 heavy (non-hydrogen) atoms. The number of nitrogens with zero attached hydrogens (tertiary/aromatic N) is 6. The normalized spacial score (nSPS) is 13.8. The molecule has 1 fully saturated rings. The molecule has 0 atom stereocenters. The van der Waals surface area contributed by atoms with Crippen LogP contribution in [0.15, 0.2) is 48.8 Å². The number of anilines is 3. The highest BCUT2D eigenvalue weighted by Gasteiger charge is 2.25. The fraction of sp³-hybridized carbons (Fsp3) is 0.308. The Morgan fingerprint density at radius 3 is 2.71 bits per heavy atom. The van der Waals surface area contributed by atoms with E-state index in [1.54, 1.807) is 24.4 Å². The van der Waals surface area contributed by atoms with E-state index in [0.29, 0.717) is 61.3 Å². The Kier molecular flexibility index (Phi) is 7.07. The third-order valence-electron chi connectivity index (χ3n) is 6.32. The fourth-order valence-corrected chi connectivity index (χ4v) is 4.62. The summed E-state index contributed by atoms with van der Waals surface area (Å²) in [5.41, 5.74) is 2.45. The van der Waals surface area contributed by atoms with Crippen LogP contribution in [0.25, 0.3) is 16.7 Å². The lowest BCUT2D eigenvalue weighted by molar-refractivity contribution is -0.384. The first-order chi connectivity index (χ1) is 18.3. The molecule has 1 N–H and O–H groups in total. The van der Waals surface area contributed by atoms with Crippen LogP contribution in [-0.2, 0) is 11.3 Å². The third-order valence-corrected chi connectivity index (χ3v) is 6.32. The number of benzene rings is 2. The Hall–Kier alpha value is -4.29. The topological polar surface area (TPSA) is 111 Å². The van der Waals surface area contributed by atoms with E-state index in [0.717, 1.165) is 10.9 Å². The number of nitro benzene ring substituents is 1. The number of ether oxygens (including phenoxy) is 2. The zero-order chi connectivity index (χ0) is 26.8. The molecule has 12 heteroatoms. The van der Waals surface area contributed by atoms with Gasteiger partial charge in [0.15, 0.2) is 0 Å². The summed E-state index contributed by atoms with van der Waals surface area (Å²) in [5, 5.41) is 15.9. The van der Waals surface area contributed by atoms with Crippen molar-refractivity contribution < 1.29 is 18.8 Å². The van der Waals surface area contributed by atoms with Crippen LogP contribution in [0, 0.1) is 15.9 Å². The molecule has 11 nitrogen and oxygen atoms in total. The van der Waals surface area contributed by atoms with Crippen LogP contribution in [0.3, 0.4) is 0 Å². The molecule has 1 saturated heterocycles. The van der Waals surface area contributed by atoms with Gasteiger partial charge >= 0.3 is 0 Å². The molecule has 198 valence electrons. The maximum atomic E-state index is 14.2. The van der Waals surface area contributed by atoms with Gasteiger partial charge in [-0.15, -0.1) is 0 Å². The number of hydrogen-bond acceptors (Lipinski definition) is 9. The lowest BCUT2D eigenvalue weighted by Crippen LogP contribution is -2.36. The highest BCUT2D eigenvalue weighted by molar-refractivity contribution is 5.85. The number of aromatic nitrogens is 3. The van der Waals surface area contributed by atoms with Crippen LogP contribution in [0.5, 0.6) is 5.75 Å². The van der Waals surface area contributed by atoms with Gasteiger partial charge in [0.2, 0.25) is 5.95 Å². The minimum absolute atomic E-state index is 0.0634. The molecule has 2 aromatic carbocycles. The van der Waals surface area contributed by atoms with Gasteiger partial charge in [-0.1, -0.05) is 0 Å². The molecule has 0 unspecified atom stereocenters. The summed E-state index contributed by atoms with van der Waals surface area (Å²) in [5.74, 6) is 0.786. The summed E-state index contributed by atoms with van der Waals surface area (Å²) in [6, 6.07) is 9.47. The summed E-state index contributed by atoms with van der Waals surface area (Å²) >= 11 is 0. The second kappa shape index (κ2) is 10.6. The van der Waals surface area contributed by atoms with Gasteiger partial charge in [0.25, 0.3) is 5.69 Å². The number of nitro groups is 1. The number of halogens is 1. The molecular weight excluding hydrogens is 493 g/mol. The summed E-state index contributed by atoms with van der Waals surface area (Å²) in [6.45, 7) is 2.75. The van der Waals surface area contributed by atoms with Crippen molar-refractivity contribution in [2.45, 2.75) is 6.54 Å². The monoisotopic (exact) mass is 521 g/mol. The Morgan fingerprint density at radius 1 is 1.21 bits per heavy atom. The number of fused-ring (bicyclic) bond motifs is 1. The molecule has 0 spiro atoms. The summed E-state index contributed by atoms with van der Waals surface area (Å²) in [7, 11) is 5.44. The van der Waals surface area contributed by atoms with Crippen molar-refractivity contribution in [3.8, 4) is 11.6 Å². The van der Waals surface area contributed by atoms with Crippen LogP contribution >= 0.6 is 0 Å². The first kappa shape index (κ1) is 25.4. The van der Waals surface area contributed by atoms with Crippen LogP contribution in [0.2, 0.25) is 0 Å². The Morgan fingerprint density at radius 2 is 2.00 bits per heavy atom. The van der Waals surface area contributed by atoms with Gasteiger partial charge in [0.05, 0.1) is 36.5 Å². The standard InChI is InChI=1S/C26H28FN7O4/c1-31(2)15-17-16-33(21-12-18(27)4-5-19(17)21)25-6-7-28-26(30-25)29-20-13-23(34(35)36)22(14-24(20)37-3)32-8-10-38-11-9-32/h4-7,12-14,16H,8-11,15H2,1-3H3,(H,28,29,30). The van der Waals surface area contributed by atoms with Gasteiger partial charge in [-0.25, -0.2) is 9.37 Å². The third kappa shape index (κ3) is 5.08. The highest BCUT2D eigenvalue weighted by Crippen LogP contribution is 2.39. The predicted octanol–water partition coefficient (Wildman–Crippen LogP) is 4.12. The summed E-state index contributed by atoms with van der Waals surface area (Å²) in [6.07, 6.45) is 3.50. The average molecular weight is 522 g/mol. The SMILES string of the molecule is COc1cc(N2CCOCC2)c([N+](=O)[O-])cc1Nc1nccc(-n2cc(CN(C)C)c3ccc(F)cc32)n1. The van der Waals surface area contributed by atoms with Gasteiger partial charge in [0, 0.05) is 49.5 Å². The first-order valence-corrected chi connectivity index (χ1v) is 12.1. The molecular formula is C26H28FN7O4. The van der Waals surface area contributed by atoms with E-state index in [4.69, 9.17) is 9.47 Å². The molecule has 0 amide bonds. The van der Waals surface area contributed by atoms with E-state index in [-0.39, 0.29) is 17.5 Å². The maximum Gasteiger partial charge on any atom is 0.294 e. The van der Waals surface area contributed by atoms with Crippen molar-refractivity contribution in [1.82, 2.24) is 19.4 Å². The van der Waals surface area contributed by atoms with Gasteiger partial charge in [0.1, 0.15) is 23.1 Å². The number of hydrogen-bond donors (Lipinski definition) is 1. The minimum atomic E-state index is -0.417. The second-order valence-corrected chi connectivity index (χ2v) is 9.18. The minimum Gasteiger partial charge on any atom is -0.494 e. The zero-order valence-corrected chi connectivity index (χ0v) is 21.3. The molecule has 0 radical (unpaired) electrons. The fourth-order valence-electron chi connectivity index (χ4n) is 4.62. The molecule has 2 aromatic heterocycles. The van der Waals surface area contributed by atoms with E-state index in [2.05, 4.69) is 15.3 Å². The van der Waals surface area contributed by atoms with Gasteiger partial charge in [-0.3, -0.25) is 10.1 Å². The van der Waals surface area contributed by atoms with Crippen molar-refractivity contribution in [3.63, 3.8) is 0 Å². The highest BCUT2D eigenvalue weighted by atomic mass is 19.1. The Bertz CT molecular complexity index is 1480. The molecule has 0 saturated carbocycles. The van der Waals surface area contributed by atoms with E-state index >= 15 is 0 Å². The average Bonchev–Trinajstić information content (AvgIpc) is 3.25. The van der Waals surface area contributed by atoms with Crippen LogP contribution < -0.4 is 15.0 Å². The van der Waals surface area contributed by atoms with Gasteiger partial charge in [-0.05, 0) is 43.9 Å². The second-order valence-electron chi connectivity index (χ2n) is 9.18. The van der Waals surface area contributed by atoms with Crippen LogP contribution in [0.4, 0.5) is 27.4 Å². The van der Waals surface area contributed by atoms with Crippen molar-refractivity contribution in [1.29, 1.82) is 0 Å². The quantitative estimate of drug-likeness (QED) is 0.270. The van der Waals surface area contributed by atoms with Crippen molar-refractivity contribution in [3.05, 3.63) is 70.3 Å². The number of rotatable bonds is 8. The smallest absolute Gasteiger partial charge is 0.294 e. The lowest BCUT2D eigenvalue weighted by Gasteiger charge is -2.29. The summed E-state index contributed by atoms with van der Waals surface area (Å²) < 4.78 is 26.9. The number of morpholine rings is 1. The number of nitrogens with one attached hydrogen (secondary N) is 1. The van der Waals surface area contributed by atoms with E-state index < -0.39 is 4.92 Å². The molecule has 1 aliphatic heterocycles. The molecule has 4 aromatic rings. The van der Waals surface area contributed by atoms with Crippen LogP contribution in [-0.4, -0.2) is 71.9 Å². The van der Waals surface area contributed by atoms with Crippen molar-refractivity contribution in [2.24, 2.45) is 0 Å². The van der Waals surface area contributed by atoms with Gasteiger partial charge < -0.3 is 29.2 Å². The molecule has 1 aliphatic rings. The lowest BCUT2D eigenvalue weighted by atomic mass is 10.1. The maximum absolute atomic E-state index is 14.2. The largest absolute Gasteiger partial charge is 0.494 e. The number of methoxy groups -OCH3 is 1. The molecule has 0 bridgehead atoms. The molecule has 0 aliphatic carbocycles. The molecule has 3 heterocycles. The van der Waals surface area contributed by atoms with Crippen molar-refractivity contribution in [2.75, 3.05) is 57.7 Å². The zero-order valence-electron chi connectivity index (χ0n) is 21.3. The van der Waals surface area contributed by atoms with E-state index in [9.17, 15) is 14.5 Å². The van der Waals surface area contributed by atoms with Crippen molar-refractivity contribution >= 4 is 33.9 Å². The Balaban J connectivity index is 1.53.